The van der Waals surface area contributed by atoms with Crippen molar-refractivity contribution >= 4 is 0 Å². The van der Waals surface area contributed by atoms with Crippen molar-refractivity contribution in [2.45, 2.75) is 72.0 Å². The number of rotatable bonds is 10. The van der Waals surface area contributed by atoms with E-state index in [4.69, 9.17) is 0 Å². The lowest BCUT2D eigenvalue weighted by atomic mass is 9.63. The minimum atomic E-state index is -4.60. The molecule has 3 unspecified atom stereocenters. The molecule has 1 rings (SSSR count). The maximum Gasteiger partial charge on any atom is 0.411 e. The maximum absolute atomic E-state index is 12.4. The first-order valence-electron chi connectivity index (χ1n) is 9.15. The van der Waals surface area contributed by atoms with Gasteiger partial charge in [-0.15, -0.1) is 0 Å². The Morgan fingerprint density at radius 2 is 1.42 bits per heavy atom. The SMILES string of the molecule is CC(C)CC(C)CCC1CC(C(OCC(F)(F)F)OCC(F)(F)F)[C@@H]1C. The Bertz CT molecular complexity index is 389. The van der Waals surface area contributed by atoms with Crippen LogP contribution in [0.1, 0.15) is 53.4 Å². The summed E-state index contributed by atoms with van der Waals surface area (Å²) in [6.45, 7) is 5.12. The summed E-state index contributed by atoms with van der Waals surface area (Å²) in [6.07, 6.45) is -7.09. The fraction of sp³-hybridized carbons (Fsp3) is 1.00. The van der Waals surface area contributed by atoms with E-state index >= 15 is 0 Å². The molecule has 8 heteroatoms. The number of ether oxygens (including phenoxy) is 2. The van der Waals surface area contributed by atoms with Gasteiger partial charge in [-0.1, -0.05) is 34.1 Å². The van der Waals surface area contributed by atoms with Crippen LogP contribution in [0.5, 0.6) is 0 Å². The monoisotopic (exact) mass is 392 g/mol. The van der Waals surface area contributed by atoms with Crippen LogP contribution in [0.15, 0.2) is 0 Å². The van der Waals surface area contributed by atoms with Crippen LogP contribution in [0.2, 0.25) is 0 Å². The molecule has 0 bridgehead atoms. The molecule has 0 aliphatic heterocycles. The molecule has 1 fully saturated rings. The minimum absolute atomic E-state index is 0.0206. The maximum atomic E-state index is 12.4. The van der Waals surface area contributed by atoms with Crippen molar-refractivity contribution in [1.82, 2.24) is 0 Å². The van der Waals surface area contributed by atoms with E-state index in [1.165, 1.54) is 0 Å². The van der Waals surface area contributed by atoms with Crippen LogP contribution in [0, 0.1) is 29.6 Å². The first kappa shape index (κ1) is 23.5. The summed E-state index contributed by atoms with van der Waals surface area (Å²) in [4.78, 5) is 0. The highest BCUT2D eigenvalue weighted by molar-refractivity contribution is 4.89. The van der Waals surface area contributed by atoms with Crippen molar-refractivity contribution in [3.05, 3.63) is 0 Å². The zero-order valence-corrected chi connectivity index (χ0v) is 15.8. The van der Waals surface area contributed by atoms with Crippen molar-refractivity contribution in [3.8, 4) is 0 Å². The Morgan fingerprint density at radius 3 is 1.81 bits per heavy atom. The molecule has 0 saturated heterocycles. The van der Waals surface area contributed by atoms with Crippen LogP contribution in [-0.4, -0.2) is 31.9 Å². The van der Waals surface area contributed by atoms with Gasteiger partial charge in [0, 0.05) is 5.92 Å². The zero-order chi connectivity index (χ0) is 20.1. The second-order valence-corrected chi connectivity index (χ2v) is 8.05. The molecule has 0 spiro atoms. The summed E-state index contributed by atoms with van der Waals surface area (Å²) >= 11 is 0. The van der Waals surface area contributed by atoms with Crippen molar-refractivity contribution in [3.63, 3.8) is 0 Å². The van der Waals surface area contributed by atoms with Gasteiger partial charge in [0.05, 0.1) is 0 Å². The van der Waals surface area contributed by atoms with Crippen molar-refractivity contribution in [2.75, 3.05) is 13.2 Å². The number of alkyl halides is 6. The lowest BCUT2D eigenvalue weighted by molar-refractivity contribution is -0.287. The minimum Gasteiger partial charge on any atom is -0.343 e. The molecule has 0 amide bonds. The third kappa shape index (κ3) is 8.93. The first-order valence-corrected chi connectivity index (χ1v) is 9.15. The van der Waals surface area contributed by atoms with Crippen molar-refractivity contribution in [1.29, 1.82) is 0 Å². The van der Waals surface area contributed by atoms with Gasteiger partial charge in [0.15, 0.2) is 6.29 Å². The average Bonchev–Trinajstić information content (AvgIpc) is 2.44. The zero-order valence-electron chi connectivity index (χ0n) is 15.8. The van der Waals surface area contributed by atoms with Gasteiger partial charge in [0.25, 0.3) is 0 Å². The Balaban J connectivity index is 2.52. The molecule has 0 aromatic heterocycles. The molecule has 156 valence electrons. The lowest BCUT2D eigenvalue weighted by Gasteiger charge is -2.46. The van der Waals surface area contributed by atoms with Gasteiger partial charge in [-0.25, -0.2) is 0 Å². The Morgan fingerprint density at radius 1 is 0.923 bits per heavy atom. The average molecular weight is 392 g/mol. The summed E-state index contributed by atoms with van der Waals surface area (Å²) in [5.41, 5.74) is 0. The van der Waals surface area contributed by atoms with Gasteiger partial charge >= 0.3 is 12.4 Å². The normalized spacial score (nSPS) is 25.6. The smallest absolute Gasteiger partial charge is 0.343 e. The Labute approximate surface area is 151 Å². The summed E-state index contributed by atoms with van der Waals surface area (Å²) < 4.78 is 83.5. The van der Waals surface area contributed by atoms with E-state index in [2.05, 4.69) is 30.2 Å². The summed E-state index contributed by atoms with van der Waals surface area (Å²) in [5.74, 6) is 0.992. The van der Waals surface area contributed by atoms with Crippen molar-refractivity contribution in [2.24, 2.45) is 29.6 Å². The summed E-state index contributed by atoms with van der Waals surface area (Å²) in [5, 5.41) is 0. The van der Waals surface area contributed by atoms with Crippen LogP contribution >= 0.6 is 0 Å². The molecule has 26 heavy (non-hydrogen) atoms. The highest BCUT2D eigenvalue weighted by Gasteiger charge is 2.45. The topological polar surface area (TPSA) is 18.5 Å². The first-order chi connectivity index (χ1) is 11.8. The van der Waals surface area contributed by atoms with Crippen molar-refractivity contribution < 1.29 is 35.8 Å². The molecule has 0 radical (unpaired) electrons. The van der Waals surface area contributed by atoms with Crippen LogP contribution in [0.3, 0.4) is 0 Å². The van der Waals surface area contributed by atoms with Gasteiger partial charge in [0.2, 0.25) is 0 Å². The molecule has 0 heterocycles. The molecule has 1 saturated carbocycles. The highest BCUT2D eigenvalue weighted by atomic mass is 19.4. The molecular weight excluding hydrogens is 362 g/mol. The molecule has 1 aliphatic carbocycles. The van der Waals surface area contributed by atoms with Gasteiger partial charge in [-0.05, 0) is 42.9 Å². The van der Waals surface area contributed by atoms with E-state index in [1.54, 1.807) is 0 Å². The fourth-order valence-electron chi connectivity index (χ4n) is 3.74. The Kier molecular flexibility index (Phi) is 8.71. The Hall–Kier alpha value is -0.500. The van der Waals surface area contributed by atoms with Crippen LogP contribution in [0.4, 0.5) is 26.3 Å². The van der Waals surface area contributed by atoms with E-state index in [9.17, 15) is 26.3 Å². The second-order valence-electron chi connectivity index (χ2n) is 8.05. The standard InChI is InChI=1S/C18H30F6O2/c1-11(2)7-12(3)5-6-14-8-15(13(14)4)16(25-9-17(19,20)21)26-10-18(22,23)24/h11-16H,5-10H2,1-4H3/t12?,13-,14?,15?/m1/s1. The van der Waals surface area contributed by atoms with E-state index in [-0.39, 0.29) is 5.92 Å². The number of hydrogen-bond acceptors (Lipinski definition) is 2. The number of halogens is 6. The quantitative estimate of drug-likeness (QED) is 0.325. The van der Waals surface area contributed by atoms with Crippen LogP contribution in [0.25, 0.3) is 0 Å². The fourth-order valence-corrected chi connectivity index (χ4v) is 3.74. The van der Waals surface area contributed by atoms with Gasteiger partial charge in [-0.2, -0.15) is 26.3 Å². The molecule has 0 N–H and O–H groups in total. The van der Waals surface area contributed by atoms with Gasteiger partial charge in [0.1, 0.15) is 13.2 Å². The third-order valence-corrected chi connectivity index (χ3v) is 5.07. The molecule has 2 nitrogen and oxygen atoms in total. The molecular formula is C18H30F6O2. The van der Waals surface area contributed by atoms with Gasteiger partial charge < -0.3 is 9.47 Å². The number of hydrogen-bond donors (Lipinski definition) is 0. The second kappa shape index (κ2) is 9.62. The summed E-state index contributed by atoms with van der Waals surface area (Å²) in [6, 6.07) is 0. The van der Waals surface area contributed by atoms with Crippen LogP contribution in [-0.2, 0) is 9.47 Å². The van der Waals surface area contributed by atoms with E-state index in [1.807, 2.05) is 6.92 Å². The molecule has 0 aromatic carbocycles. The van der Waals surface area contributed by atoms with Crippen LogP contribution < -0.4 is 0 Å². The lowest BCUT2D eigenvalue weighted by Crippen LogP contribution is -2.46. The third-order valence-electron chi connectivity index (χ3n) is 5.07. The molecule has 0 aromatic rings. The van der Waals surface area contributed by atoms with E-state index in [0.29, 0.717) is 24.2 Å². The molecule has 4 atom stereocenters. The predicted octanol–water partition coefficient (Wildman–Crippen LogP) is 6.20. The van der Waals surface area contributed by atoms with E-state index < -0.39 is 37.8 Å². The predicted molar refractivity (Wildman–Crippen MR) is 86.4 cm³/mol. The summed E-state index contributed by atoms with van der Waals surface area (Å²) in [7, 11) is 0. The largest absolute Gasteiger partial charge is 0.411 e. The van der Waals surface area contributed by atoms with Gasteiger partial charge in [-0.3, -0.25) is 0 Å². The molecule has 1 aliphatic rings. The van der Waals surface area contributed by atoms with E-state index in [0.717, 1.165) is 19.3 Å². The highest BCUT2D eigenvalue weighted by Crippen LogP contribution is 2.46.